The second-order valence-corrected chi connectivity index (χ2v) is 9.62. The van der Waals surface area contributed by atoms with Crippen LogP contribution in [0.3, 0.4) is 0 Å². The number of rotatable bonds is 5. The molecule has 10 heteroatoms. The predicted octanol–water partition coefficient (Wildman–Crippen LogP) is 5.85. The molecule has 3 heterocycles. The minimum atomic E-state index is -4.33. The van der Waals surface area contributed by atoms with E-state index in [0.717, 1.165) is 62.0 Å². The molecule has 36 heavy (non-hydrogen) atoms. The van der Waals surface area contributed by atoms with Gasteiger partial charge in [0.1, 0.15) is 17.4 Å². The molecule has 2 aliphatic rings. The summed E-state index contributed by atoms with van der Waals surface area (Å²) < 4.78 is 51.6. The molecule has 1 amide bonds. The first-order chi connectivity index (χ1) is 17.3. The minimum absolute atomic E-state index is 0.0144. The topological polar surface area (TPSA) is 58.0 Å². The Labute approximate surface area is 212 Å². The van der Waals surface area contributed by atoms with Crippen LogP contribution in [0.4, 0.5) is 18.9 Å². The van der Waals surface area contributed by atoms with Crippen LogP contribution in [0.1, 0.15) is 41.8 Å². The predicted molar refractivity (Wildman–Crippen MR) is 131 cm³/mol. The lowest BCUT2D eigenvalue weighted by atomic mass is 10.1. The van der Waals surface area contributed by atoms with Crippen molar-refractivity contribution in [1.29, 1.82) is 0 Å². The Hall–Kier alpha value is -2.91. The number of piperidine rings is 2. The van der Waals surface area contributed by atoms with E-state index in [1.807, 2.05) is 12.1 Å². The average Bonchev–Trinajstić information content (AvgIpc) is 3.32. The third-order valence-electron chi connectivity index (χ3n) is 6.83. The van der Waals surface area contributed by atoms with E-state index >= 15 is 0 Å². The van der Waals surface area contributed by atoms with Crippen LogP contribution in [-0.4, -0.2) is 48.7 Å². The van der Waals surface area contributed by atoms with E-state index in [1.54, 1.807) is 12.1 Å². The van der Waals surface area contributed by atoms with Crippen LogP contribution in [-0.2, 0) is 6.18 Å². The van der Waals surface area contributed by atoms with Gasteiger partial charge in [-0.05, 0) is 74.5 Å². The van der Waals surface area contributed by atoms with Gasteiger partial charge < -0.3 is 19.4 Å². The van der Waals surface area contributed by atoms with Crippen LogP contribution in [0.25, 0.3) is 11.0 Å². The van der Waals surface area contributed by atoms with E-state index in [0.29, 0.717) is 24.4 Å². The fraction of sp³-hybridized carbons (Fsp3) is 0.423. The molecule has 1 aromatic heterocycles. The van der Waals surface area contributed by atoms with Gasteiger partial charge in [-0.25, -0.2) is 4.42 Å². The summed E-state index contributed by atoms with van der Waals surface area (Å²) in [4.78, 5) is 14.9. The van der Waals surface area contributed by atoms with Crippen molar-refractivity contribution >= 4 is 34.3 Å². The fourth-order valence-corrected chi connectivity index (χ4v) is 5.07. The number of ether oxygens (including phenoxy) is 1. The maximum absolute atomic E-state index is 12.8. The lowest BCUT2D eigenvalue weighted by Crippen LogP contribution is -2.41. The molecule has 3 aromatic rings. The molecule has 6 nitrogen and oxygen atoms in total. The summed E-state index contributed by atoms with van der Waals surface area (Å²) in [5, 5.41) is 4.01. The van der Waals surface area contributed by atoms with Gasteiger partial charge in [0, 0.05) is 48.8 Å². The smallest absolute Gasteiger partial charge is 0.416 e. The molecule has 0 atom stereocenters. The Balaban J connectivity index is 1.19. The Morgan fingerprint density at radius 1 is 1.03 bits per heavy atom. The van der Waals surface area contributed by atoms with Crippen molar-refractivity contribution in [3.05, 3.63) is 59.9 Å². The van der Waals surface area contributed by atoms with Gasteiger partial charge in [0.25, 0.3) is 0 Å². The zero-order chi connectivity index (χ0) is 25.3. The number of carbonyl (C=O) groups is 1. The van der Waals surface area contributed by atoms with Crippen LogP contribution < -0.4 is 15.0 Å². The van der Waals surface area contributed by atoms with E-state index in [2.05, 4.69) is 10.2 Å². The molecule has 0 bridgehead atoms. The SMILES string of the molecule is O=C(c1cc2cc(OC3CCN(c4ccc(C(F)(F)F)cc4)CC3)ccc2o1)N(Cl)C1CCNCC1. The quantitative estimate of drug-likeness (QED) is 0.427. The molecule has 2 aliphatic heterocycles. The number of hydrogen-bond acceptors (Lipinski definition) is 5. The van der Waals surface area contributed by atoms with Crippen molar-refractivity contribution < 1.29 is 27.1 Å². The van der Waals surface area contributed by atoms with Crippen molar-refractivity contribution in [3.63, 3.8) is 0 Å². The fourth-order valence-electron chi connectivity index (χ4n) is 4.79. The van der Waals surface area contributed by atoms with E-state index in [9.17, 15) is 18.0 Å². The highest BCUT2D eigenvalue weighted by Crippen LogP contribution is 2.32. The van der Waals surface area contributed by atoms with E-state index in [1.165, 1.54) is 16.6 Å². The molecule has 192 valence electrons. The van der Waals surface area contributed by atoms with Gasteiger partial charge in [-0.2, -0.15) is 13.2 Å². The normalized spacial score (nSPS) is 17.9. The summed E-state index contributed by atoms with van der Waals surface area (Å²) >= 11 is 6.33. The van der Waals surface area contributed by atoms with Gasteiger partial charge in [-0.15, -0.1) is 0 Å². The summed E-state index contributed by atoms with van der Waals surface area (Å²) in [7, 11) is 0. The average molecular weight is 522 g/mol. The Morgan fingerprint density at radius 3 is 2.39 bits per heavy atom. The number of hydrogen-bond donors (Lipinski definition) is 1. The molecule has 2 aromatic carbocycles. The zero-order valence-electron chi connectivity index (χ0n) is 19.6. The number of furan rings is 1. The second-order valence-electron chi connectivity index (χ2n) is 9.26. The first-order valence-electron chi connectivity index (χ1n) is 12.1. The Kier molecular flexibility index (Phi) is 7.03. The molecule has 2 fully saturated rings. The van der Waals surface area contributed by atoms with Crippen molar-refractivity contribution in [2.75, 3.05) is 31.1 Å². The number of amides is 1. The molecule has 0 aliphatic carbocycles. The molecular weight excluding hydrogens is 495 g/mol. The van der Waals surface area contributed by atoms with Crippen LogP contribution >= 0.6 is 11.8 Å². The summed E-state index contributed by atoms with van der Waals surface area (Å²) in [6.07, 6.45) is -1.27. The van der Waals surface area contributed by atoms with Crippen molar-refractivity contribution in [2.24, 2.45) is 0 Å². The number of halogens is 4. The lowest BCUT2D eigenvalue weighted by Gasteiger charge is -2.33. The Bertz CT molecular complexity index is 1200. The summed E-state index contributed by atoms with van der Waals surface area (Å²) in [5.74, 6) is 0.523. The highest BCUT2D eigenvalue weighted by molar-refractivity contribution is 6.24. The van der Waals surface area contributed by atoms with Gasteiger partial charge in [0.2, 0.25) is 0 Å². The monoisotopic (exact) mass is 521 g/mol. The number of alkyl halides is 3. The molecule has 0 unspecified atom stereocenters. The Morgan fingerprint density at radius 2 is 1.72 bits per heavy atom. The first kappa shape index (κ1) is 24.8. The molecule has 5 rings (SSSR count). The number of carbonyl (C=O) groups excluding carboxylic acids is 1. The minimum Gasteiger partial charge on any atom is -0.490 e. The van der Waals surface area contributed by atoms with Crippen molar-refractivity contribution in [3.8, 4) is 5.75 Å². The second kappa shape index (κ2) is 10.2. The van der Waals surface area contributed by atoms with Crippen LogP contribution in [0.15, 0.2) is 52.9 Å². The van der Waals surface area contributed by atoms with E-state index in [-0.39, 0.29) is 23.8 Å². The van der Waals surface area contributed by atoms with Gasteiger partial charge in [0.15, 0.2) is 5.76 Å². The molecular formula is C26H27ClF3N3O3. The maximum Gasteiger partial charge on any atom is 0.416 e. The van der Waals surface area contributed by atoms with Gasteiger partial charge >= 0.3 is 12.1 Å². The number of benzene rings is 2. The zero-order valence-corrected chi connectivity index (χ0v) is 20.3. The van der Waals surface area contributed by atoms with Gasteiger partial charge in [0.05, 0.1) is 11.6 Å². The lowest BCUT2D eigenvalue weighted by molar-refractivity contribution is -0.137. The van der Waals surface area contributed by atoms with Gasteiger partial charge in [-0.1, -0.05) is 0 Å². The van der Waals surface area contributed by atoms with Crippen molar-refractivity contribution in [2.45, 2.75) is 44.0 Å². The van der Waals surface area contributed by atoms with E-state index in [4.69, 9.17) is 20.9 Å². The maximum atomic E-state index is 12.8. The number of nitrogens with zero attached hydrogens (tertiary/aromatic N) is 2. The highest BCUT2D eigenvalue weighted by Gasteiger charge is 2.31. The van der Waals surface area contributed by atoms with E-state index < -0.39 is 11.7 Å². The number of anilines is 1. The standard InChI is InChI=1S/C26H27ClF3N3O3/c27-33(20-7-11-31-12-8-20)25(34)24-16-17-15-22(5-6-23(17)36-24)35-21-9-13-32(14-10-21)19-3-1-18(2-4-19)26(28,29)30/h1-6,15-16,20-21,31H,7-14H2. The molecule has 0 radical (unpaired) electrons. The van der Waals surface area contributed by atoms with Crippen LogP contribution in [0.5, 0.6) is 5.75 Å². The third-order valence-corrected chi connectivity index (χ3v) is 7.26. The summed E-state index contributed by atoms with van der Waals surface area (Å²) in [6.45, 7) is 3.02. The van der Waals surface area contributed by atoms with Crippen LogP contribution in [0.2, 0.25) is 0 Å². The number of fused-ring (bicyclic) bond motifs is 1. The third kappa shape index (κ3) is 5.42. The largest absolute Gasteiger partial charge is 0.490 e. The summed E-state index contributed by atoms with van der Waals surface area (Å²) in [6, 6.07) is 12.4. The molecule has 1 N–H and O–H groups in total. The van der Waals surface area contributed by atoms with Crippen molar-refractivity contribution in [1.82, 2.24) is 9.74 Å². The molecule has 2 saturated heterocycles. The van der Waals surface area contributed by atoms with Gasteiger partial charge in [-0.3, -0.25) is 4.79 Å². The highest BCUT2D eigenvalue weighted by atomic mass is 35.5. The molecule has 0 saturated carbocycles. The molecule has 0 spiro atoms. The first-order valence-corrected chi connectivity index (χ1v) is 12.4. The summed E-state index contributed by atoms with van der Waals surface area (Å²) in [5.41, 5.74) is 0.712. The van der Waals surface area contributed by atoms with Crippen LogP contribution in [0, 0.1) is 0 Å². The number of nitrogens with one attached hydrogen (secondary N) is 1.